The van der Waals surface area contributed by atoms with E-state index in [-0.39, 0.29) is 12.4 Å². The average Bonchev–Trinajstić information content (AvgIpc) is 2.74. The maximum Gasteiger partial charge on any atom is 0.0346 e. The number of benzene rings is 1. The molecule has 2 aliphatic rings. The molecule has 0 saturated carbocycles. The van der Waals surface area contributed by atoms with Crippen LogP contribution in [0.2, 0.25) is 0 Å². The Labute approximate surface area is 123 Å². The number of halogens is 1. The Morgan fingerprint density at radius 2 is 1.89 bits per heavy atom. The van der Waals surface area contributed by atoms with E-state index in [1.807, 2.05) is 0 Å². The van der Waals surface area contributed by atoms with Crippen LogP contribution in [0.15, 0.2) is 30.3 Å². The van der Waals surface area contributed by atoms with Gasteiger partial charge in [0.25, 0.3) is 0 Å². The predicted octanol–water partition coefficient (Wildman–Crippen LogP) is 3.39. The van der Waals surface area contributed by atoms with E-state index >= 15 is 0 Å². The van der Waals surface area contributed by atoms with Crippen molar-refractivity contribution in [3.05, 3.63) is 35.9 Å². The zero-order chi connectivity index (χ0) is 12.4. The third kappa shape index (κ3) is 3.31. The van der Waals surface area contributed by atoms with Gasteiger partial charge in [0.15, 0.2) is 0 Å². The lowest BCUT2D eigenvalue weighted by molar-refractivity contribution is 0.182. The SMILES string of the molecule is CCC(c1ccccc1)N1CCC2CCC(C1)N2.Cl. The molecule has 2 bridgehead atoms. The van der Waals surface area contributed by atoms with Crippen LogP contribution in [-0.2, 0) is 0 Å². The van der Waals surface area contributed by atoms with Gasteiger partial charge in [-0.1, -0.05) is 37.3 Å². The first-order valence-corrected chi connectivity index (χ1v) is 7.42. The molecule has 3 heteroatoms. The van der Waals surface area contributed by atoms with E-state index in [9.17, 15) is 0 Å². The van der Waals surface area contributed by atoms with Crippen LogP contribution >= 0.6 is 12.4 Å². The molecule has 1 N–H and O–H groups in total. The van der Waals surface area contributed by atoms with Gasteiger partial charge in [0, 0.05) is 31.2 Å². The minimum absolute atomic E-state index is 0. The third-order valence-corrected chi connectivity index (χ3v) is 4.57. The second-order valence-electron chi connectivity index (χ2n) is 5.76. The maximum absolute atomic E-state index is 3.77. The molecular formula is C16H25ClN2. The number of rotatable bonds is 3. The molecular weight excluding hydrogens is 256 g/mol. The molecule has 1 aromatic carbocycles. The van der Waals surface area contributed by atoms with Gasteiger partial charge in [-0.3, -0.25) is 4.90 Å². The zero-order valence-corrected chi connectivity index (χ0v) is 12.5. The number of hydrogen-bond donors (Lipinski definition) is 1. The van der Waals surface area contributed by atoms with Crippen molar-refractivity contribution in [2.24, 2.45) is 0 Å². The predicted molar refractivity (Wildman–Crippen MR) is 82.9 cm³/mol. The minimum atomic E-state index is 0. The Bertz CT molecular complexity index is 382. The van der Waals surface area contributed by atoms with Crippen molar-refractivity contribution >= 4 is 12.4 Å². The molecule has 1 aromatic rings. The first-order chi connectivity index (χ1) is 8.86. The second-order valence-corrected chi connectivity index (χ2v) is 5.76. The summed E-state index contributed by atoms with van der Waals surface area (Å²) in [5, 5.41) is 3.77. The summed E-state index contributed by atoms with van der Waals surface area (Å²) in [5.41, 5.74) is 1.48. The van der Waals surface area contributed by atoms with Gasteiger partial charge in [-0.05, 0) is 31.2 Å². The van der Waals surface area contributed by atoms with E-state index in [4.69, 9.17) is 0 Å². The van der Waals surface area contributed by atoms with Crippen LogP contribution in [-0.4, -0.2) is 30.1 Å². The molecule has 0 amide bonds. The highest BCUT2D eigenvalue weighted by molar-refractivity contribution is 5.85. The smallest absolute Gasteiger partial charge is 0.0346 e. The van der Waals surface area contributed by atoms with Crippen LogP contribution in [0.3, 0.4) is 0 Å². The van der Waals surface area contributed by atoms with Crippen molar-refractivity contribution in [3.63, 3.8) is 0 Å². The monoisotopic (exact) mass is 280 g/mol. The average molecular weight is 281 g/mol. The lowest BCUT2D eigenvalue weighted by atomic mass is 10.00. The summed E-state index contributed by atoms with van der Waals surface area (Å²) < 4.78 is 0. The molecule has 2 heterocycles. The maximum atomic E-state index is 3.77. The van der Waals surface area contributed by atoms with Gasteiger partial charge >= 0.3 is 0 Å². The summed E-state index contributed by atoms with van der Waals surface area (Å²) >= 11 is 0. The highest BCUT2D eigenvalue weighted by Gasteiger charge is 2.31. The highest BCUT2D eigenvalue weighted by Crippen LogP contribution is 2.29. The van der Waals surface area contributed by atoms with Crippen molar-refractivity contribution in [1.82, 2.24) is 10.2 Å². The van der Waals surface area contributed by atoms with E-state index in [1.54, 1.807) is 0 Å². The third-order valence-electron chi connectivity index (χ3n) is 4.57. The summed E-state index contributed by atoms with van der Waals surface area (Å²) in [6.07, 6.45) is 5.29. The summed E-state index contributed by atoms with van der Waals surface area (Å²) in [6.45, 7) is 4.79. The quantitative estimate of drug-likeness (QED) is 0.913. The Morgan fingerprint density at radius 1 is 1.16 bits per heavy atom. The molecule has 0 aliphatic carbocycles. The Balaban J connectivity index is 0.00000133. The molecule has 106 valence electrons. The van der Waals surface area contributed by atoms with Gasteiger partial charge in [0.1, 0.15) is 0 Å². The molecule has 0 spiro atoms. The first kappa shape index (κ1) is 14.8. The van der Waals surface area contributed by atoms with Gasteiger partial charge < -0.3 is 5.32 Å². The molecule has 2 aliphatic heterocycles. The largest absolute Gasteiger partial charge is 0.310 e. The van der Waals surface area contributed by atoms with Crippen LogP contribution in [0, 0.1) is 0 Å². The Kier molecular flexibility index (Phi) is 5.26. The minimum Gasteiger partial charge on any atom is -0.310 e. The van der Waals surface area contributed by atoms with E-state index < -0.39 is 0 Å². The fourth-order valence-corrected chi connectivity index (χ4v) is 3.63. The molecule has 19 heavy (non-hydrogen) atoms. The Morgan fingerprint density at radius 3 is 2.63 bits per heavy atom. The van der Waals surface area contributed by atoms with Gasteiger partial charge in [0.05, 0.1) is 0 Å². The van der Waals surface area contributed by atoms with Crippen molar-refractivity contribution in [3.8, 4) is 0 Å². The molecule has 0 radical (unpaired) electrons. The molecule has 2 nitrogen and oxygen atoms in total. The molecule has 3 rings (SSSR count). The number of nitrogens with zero attached hydrogens (tertiary/aromatic N) is 1. The fourth-order valence-electron chi connectivity index (χ4n) is 3.63. The second kappa shape index (κ2) is 6.74. The summed E-state index contributed by atoms with van der Waals surface area (Å²) in [5.74, 6) is 0. The molecule has 0 aromatic heterocycles. The molecule has 2 saturated heterocycles. The topological polar surface area (TPSA) is 15.3 Å². The lowest BCUT2D eigenvalue weighted by Crippen LogP contribution is -2.37. The summed E-state index contributed by atoms with van der Waals surface area (Å²) in [6, 6.07) is 13.1. The molecule has 3 unspecified atom stereocenters. The molecule has 3 atom stereocenters. The highest BCUT2D eigenvalue weighted by atomic mass is 35.5. The first-order valence-electron chi connectivity index (χ1n) is 7.42. The fraction of sp³-hybridized carbons (Fsp3) is 0.625. The van der Waals surface area contributed by atoms with E-state index in [1.165, 1.54) is 44.3 Å². The van der Waals surface area contributed by atoms with E-state index in [2.05, 4.69) is 47.5 Å². The number of fused-ring (bicyclic) bond motifs is 2. The van der Waals surface area contributed by atoms with Crippen molar-refractivity contribution in [2.45, 2.75) is 50.7 Å². The normalized spacial score (nSPS) is 28.5. The van der Waals surface area contributed by atoms with Crippen LogP contribution in [0.5, 0.6) is 0 Å². The van der Waals surface area contributed by atoms with E-state index in [0.29, 0.717) is 6.04 Å². The Hall–Kier alpha value is -0.570. The van der Waals surface area contributed by atoms with Crippen LogP contribution < -0.4 is 5.32 Å². The summed E-state index contributed by atoms with van der Waals surface area (Å²) in [7, 11) is 0. The molecule has 2 fully saturated rings. The van der Waals surface area contributed by atoms with Crippen molar-refractivity contribution < 1.29 is 0 Å². The van der Waals surface area contributed by atoms with Gasteiger partial charge in [-0.25, -0.2) is 0 Å². The summed E-state index contributed by atoms with van der Waals surface area (Å²) in [4.78, 5) is 2.70. The van der Waals surface area contributed by atoms with Crippen LogP contribution in [0.4, 0.5) is 0 Å². The lowest BCUT2D eigenvalue weighted by Gasteiger charge is -2.32. The zero-order valence-electron chi connectivity index (χ0n) is 11.7. The van der Waals surface area contributed by atoms with Crippen LogP contribution in [0.1, 0.15) is 44.2 Å². The number of nitrogens with one attached hydrogen (secondary N) is 1. The van der Waals surface area contributed by atoms with Crippen LogP contribution in [0.25, 0.3) is 0 Å². The van der Waals surface area contributed by atoms with Crippen molar-refractivity contribution in [2.75, 3.05) is 13.1 Å². The van der Waals surface area contributed by atoms with Crippen molar-refractivity contribution in [1.29, 1.82) is 0 Å². The van der Waals surface area contributed by atoms with Gasteiger partial charge in [-0.2, -0.15) is 0 Å². The van der Waals surface area contributed by atoms with Gasteiger partial charge in [-0.15, -0.1) is 12.4 Å². The van der Waals surface area contributed by atoms with Gasteiger partial charge in [0.2, 0.25) is 0 Å². The standard InChI is InChI=1S/C16H24N2.ClH/c1-2-16(13-6-4-3-5-7-13)18-11-10-14-8-9-15(12-18)17-14;/h3-7,14-17H,2,8-12H2,1H3;1H. The number of hydrogen-bond acceptors (Lipinski definition) is 2. The van der Waals surface area contributed by atoms with E-state index in [0.717, 1.165) is 12.1 Å². The number of likely N-dealkylation sites (tertiary alicyclic amines) is 1.